The zero-order valence-electron chi connectivity index (χ0n) is 17.2. The third kappa shape index (κ3) is 4.55. The van der Waals surface area contributed by atoms with Crippen molar-refractivity contribution in [3.63, 3.8) is 0 Å². The predicted octanol–water partition coefficient (Wildman–Crippen LogP) is 3.05. The number of imidazole rings is 1. The third-order valence-corrected chi connectivity index (χ3v) is 5.30. The van der Waals surface area contributed by atoms with E-state index in [-0.39, 0.29) is 17.4 Å². The molecule has 0 fully saturated rings. The number of hydrogen-bond donors (Lipinski definition) is 1. The smallest absolute Gasteiger partial charge is 0.330 e. The van der Waals surface area contributed by atoms with Crippen LogP contribution >= 0.6 is 0 Å². The normalized spacial score (nSPS) is 11.0. The zero-order chi connectivity index (χ0) is 21.8. The van der Waals surface area contributed by atoms with E-state index in [0.717, 1.165) is 16.7 Å². The highest BCUT2D eigenvalue weighted by atomic mass is 19.1. The fraction of sp³-hybridized carbons (Fsp3) is 0.208. The standard InChI is InChI=1S/C24H23FN4O2/c1-17-5-2-3-6-19(17)15-22(30)26-13-14-28-23-21(7-4-12-27-23)29(24(28)31)16-18-8-10-20(25)11-9-18/h2-12H,13-16H2,1H3,(H,26,30). The van der Waals surface area contributed by atoms with Gasteiger partial charge in [0.25, 0.3) is 0 Å². The molecule has 0 bridgehead atoms. The summed E-state index contributed by atoms with van der Waals surface area (Å²) in [6.07, 6.45) is 1.93. The van der Waals surface area contributed by atoms with Gasteiger partial charge in [0, 0.05) is 19.3 Å². The van der Waals surface area contributed by atoms with E-state index in [4.69, 9.17) is 0 Å². The summed E-state index contributed by atoms with van der Waals surface area (Å²) < 4.78 is 16.4. The van der Waals surface area contributed by atoms with Crippen molar-refractivity contribution in [2.75, 3.05) is 6.54 Å². The number of nitrogens with one attached hydrogen (secondary N) is 1. The van der Waals surface area contributed by atoms with Crippen molar-refractivity contribution < 1.29 is 9.18 Å². The van der Waals surface area contributed by atoms with Crippen molar-refractivity contribution in [1.82, 2.24) is 19.4 Å². The van der Waals surface area contributed by atoms with E-state index in [1.165, 1.54) is 12.1 Å². The van der Waals surface area contributed by atoms with Gasteiger partial charge in [-0.15, -0.1) is 0 Å². The van der Waals surface area contributed by atoms with Crippen molar-refractivity contribution in [2.24, 2.45) is 0 Å². The molecule has 2 aromatic heterocycles. The minimum atomic E-state index is -0.318. The fourth-order valence-electron chi connectivity index (χ4n) is 3.62. The van der Waals surface area contributed by atoms with Gasteiger partial charge < -0.3 is 5.32 Å². The van der Waals surface area contributed by atoms with E-state index in [9.17, 15) is 14.0 Å². The molecule has 0 saturated heterocycles. The summed E-state index contributed by atoms with van der Waals surface area (Å²) >= 11 is 0. The minimum Gasteiger partial charge on any atom is -0.354 e. The average Bonchev–Trinajstić information content (AvgIpc) is 3.03. The first kappa shape index (κ1) is 20.5. The topological polar surface area (TPSA) is 68.9 Å². The van der Waals surface area contributed by atoms with Crippen LogP contribution in [0.3, 0.4) is 0 Å². The molecule has 1 N–H and O–H groups in total. The Kier molecular flexibility index (Phi) is 5.93. The first-order valence-corrected chi connectivity index (χ1v) is 10.1. The number of rotatable bonds is 7. The molecular formula is C24H23FN4O2. The quantitative estimate of drug-likeness (QED) is 0.502. The van der Waals surface area contributed by atoms with Crippen LogP contribution in [0.2, 0.25) is 0 Å². The van der Waals surface area contributed by atoms with E-state index in [2.05, 4.69) is 10.3 Å². The summed E-state index contributed by atoms with van der Waals surface area (Å²) in [6.45, 7) is 2.91. The highest BCUT2D eigenvalue weighted by Gasteiger charge is 2.14. The van der Waals surface area contributed by atoms with E-state index < -0.39 is 0 Å². The number of nitrogens with zero attached hydrogens (tertiary/aromatic N) is 3. The van der Waals surface area contributed by atoms with Gasteiger partial charge in [0.05, 0.1) is 18.5 Å². The fourth-order valence-corrected chi connectivity index (χ4v) is 3.62. The van der Waals surface area contributed by atoms with E-state index in [1.807, 2.05) is 37.3 Å². The second-order valence-corrected chi connectivity index (χ2v) is 7.45. The van der Waals surface area contributed by atoms with Gasteiger partial charge in [0.15, 0.2) is 5.65 Å². The molecule has 4 rings (SSSR count). The Balaban J connectivity index is 1.49. The average molecular weight is 418 g/mol. The summed E-state index contributed by atoms with van der Waals surface area (Å²) in [7, 11) is 0. The maximum atomic E-state index is 13.2. The second kappa shape index (κ2) is 8.95. The predicted molar refractivity (Wildman–Crippen MR) is 117 cm³/mol. The lowest BCUT2D eigenvalue weighted by Crippen LogP contribution is -2.32. The Morgan fingerprint density at radius 2 is 1.81 bits per heavy atom. The summed E-state index contributed by atoms with van der Waals surface area (Å²) in [6, 6.07) is 17.5. The van der Waals surface area contributed by atoms with Gasteiger partial charge in [0.1, 0.15) is 5.82 Å². The largest absolute Gasteiger partial charge is 0.354 e. The Hall–Kier alpha value is -3.74. The number of carbonyl (C=O) groups excluding carboxylic acids is 1. The van der Waals surface area contributed by atoms with E-state index >= 15 is 0 Å². The Morgan fingerprint density at radius 3 is 2.58 bits per heavy atom. The van der Waals surface area contributed by atoms with Gasteiger partial charge in [-0.3, -0.25) is 13.9 Å². The molecule has 7 heteroatoms. The Labute approximate surface area is 179 Å². The number of halogens is 1. The Bertz CT molecular complexity index is 1270. The van der Waals surface area contributed by atoms with Gasteiger partial charge in [0.2, 0.25) is 5.91 Å². The van der Waals surface area contributed by atoms with Crippen LogP contribution in [0, 0.1) is 12.7 Å². The maximum absolute atomic E-state index is 13.2. The lowest BCUT2D eigenvalue weighted by molar-refractivity contribution is -0.120. The van der Waals surface area contributed by atoms with Crippen molar-refractivity contribution in [2.45, 2.75) is 26.4 Å². The van der Waals surface area contributed by atoms with Crippen LogP contribution in [0.1, 0.15) is 16.7 Å². The van der Waals surface area contributed by atoms with Crippen LogP contribution in [0.25, 0.3) is 11.2 Å². The van der Waals surface area contributed by atoms with E-state index in [1.54, 1.807) is 33.5 Å². The molecule has 1 amide bonds. The number of hydrogen-bond acceptors (Lipinski definition) is 3. The number of aryl methyl sites for hydroxylation is 1. The molecule has 0 unspecified atom stereocenters. The number of carbonyl (C=O) groups is 1. The van der Waals surface area contributed by atoms with Gasteiger partial charge in [-0.05, 0) is 47.9 Å². The minimum absolute atomic E-state index is 0.0923. The number of fused-ring (bicyclic) bond motifs is 1. The molecule has 31 heavy (non-hydrogen) atoms. The first-order valence-electron chi connectivity index (χ1n) is 10.1. The van der Waals surface area contributed by atoms with Gasteiger partial charge in [-0.1, -0.05) is 36.4 Å². The number of aromatic nitrogens is 3. The molecule has 4 aromatic rings. The zero-order valence-corrected chi connectivity index (χ0v) is 17.2. The third-order valence-electron chi connectivity index (χ3n) is 5.30. The van der Waals surface area contributed by atoms with Gasteiger partial charge in [-0.2, -0.15) is 0 Å². The highest BCUT2D eigenvalue weighted by Crippen LogP contribution is 2.13. The van der Waals surface area contributed by atoms with Crippen LogP contribution in [-0.2, 0) is 24.3 Å². The number of amides is 1. The molecule has 0 saturated carbocycles. The summed E-state index contributed by atoms with van der Waals surface area (Å²) in [5.74, 6) is -0.410. The molecule has 158 valence electrons. The first-order chi connectivity index (χ1) is 15.0. The van der Waals surface area contributed by atoms with Crippen LogP contribution in [0.5, 0.6) is 0 Å². The maximum Gasteiger partial charge on any atom is 0.330 e. The van der Waals surface area contributed by atoms with Crippen LogP contribution < -0.4 is 11.0 Å². The van der Waals surface area contributed by atoms with Gasteiger partial charge in [-0.25, -0.2) is 14.2 Å². The van der Waals surface area contributed by atoms with Crippen molar-refractivity contribution in [3.05, 3.63) is 99.9 Å². The molecule has 0 aliphatic heterocycles. The lowest BCUT2D eigenvalue weighted by Gasteiger charge is -2.08. The Morgan fingerprint density at radius 1 is 1.03 bits per heavy atom. The number of pyridine rings is 1. The highest BCUT2D eigenvalue weighted by molar-refractivity contribution is 5.79. The van der Waals surface area contributed by atoms with Crippen molar-refractivity contribution >= 4 is 17.1 Å². The van der Waals surface area contributed by atoms with Crippen LogP contribution in [0.4, 0.5) is 4.39 Å². The molecule has 0 aliphatic carbocycles. The number of benzene rings is 2. The molecular weight excluding hydrogens is 395 g/mol. The molecule has 2 aromatic carbocycles. The van der Waals surface area contributed by atoms with Crippen molar-refractivity contribution in [3.8, 4) is 0 Å². The van der Waals surface area contributed by atoms with Crippen molar-refractivity contribution in [1.29, 1.82) is 0 Å². The molecule has 0 radical (unpaired) electrons. The van der Waals surface area contributed by atoms with Gasteiger partial charge >= 0.3 is 5.69 Å². The van der Waals surface area contributed by atoms with Crippen LogP contribution in [-0.4, -0.2) is 26.6 Å². The molecule has 0 spiro atoms. The second-order valence-electron chi connectivity index (χ2n) is 7.45. The summed E-state index contributed by atoms with van der Waals surface area (Å²) in [5.41, 5.74) is 3.91. The molecule has 0 aliphatic rings. The summed E-state index contributed by atoms with van der Waals surface area (Å²) in [5, 5.41) is 2.89. The van der Waals surface area contributed by atoms with Crippen LogP contribution in [0.15, 0.2) is 71.7 Å². The summed E-state index contributed by atoms with van der Waals surface area (Å²) in [4.78, 5) is 29.8. The lowest BCUT2D eigenvalue weighted by atomic mass is 10.1. The molecule has 0 atom stereocenters. The monoisotopic (exact) mass is 418 g/mol. The molecule has 2 heterocycles. The molecule has 6 nitrogen and oxygen atoms in total. The van der Waals surface area contributed by atoms with E-state index in [0.29, 0.717) is 37.2 Å². The SMILES string of the molecule is Cc1ccccc1CC(=O)NCCn1c(=O)n(Cc2ccc(F)cc2)c2cccnc21.